The van der Waals surface area contributed by atoms with Crippen LogP contribution in [0.4, 0.5) is 10.5 Å². The number of carbonyl (C=O) groups excluding carboxylic acids is 2. The normalized spacial score (nSPS) is 19.5. The number of hydrogen-bond acceptors (Lipinski definition) is 4. The van der Waals surface area contributed by atoms with E-state index < -0.39 is 12.0 Å². The number of esters is 1. The molecular formula is C18H17ClN2O3S. The number of benzene rings is 2. The maximum Gasteiger partial charge on any atom is 0.329 e. The van der Waals surface area contributed by atoms with Crippen LogP contribution in [0.1, 0.15) is 10.9 Å². The van der Waals surface area contributed by atoms with Crippen molar-refractivity contribution in [2.45, 2.75) is 11.4 Å². The van der Waals surface area contributed by atoms with Gasteiger partial charge in [0.2, 0.25) is 0 Å². The fourth-order valence-electron chi connectivity index (χ4n) is 2.70. The van der Waals surface area contributed by atoms with Gasteiger partial charge in [0.1, 0.15) is 11.4 Å². The fourth-order valence-corrected chi connectivity index (χ4v) is 4.45. The summed E-state index contributed by atoms with van der Waals surface area (Å²) in [6.45, 7) is 0. The monoisotopic (exact) mass is 376 g/mol. The first kappa shape index (κ1) is 17.6. The maximum absolute atomic E-state index is 12.9. The molecule has 0 aliphatic carbocycles. The topological polar surface area (TPSA) is 58.6 Å². The van der Waals surface area contributed by atoms with Gasteiger partial charge in [0, 0.05) is 22.0 Å². The van der Waals surface area contributed by atoms with E-state index in [0.29, 0.717) is 16.5 Å². The Morgan fingerprint density at radius 3 is 2.52 bits per heavy atom. The van der Waals surface area contributed by atoms with Crippen LogP contribution in [-0.4, -0.2) is 35.8 Å². The molecule has 1 aliphatic heterocycles. The molecule has 5 nitrogen and oxygen atoms in total. The number of ether oxygens (including phenoxy) is 1. The first-order chi connectivity index (χ1) is 12.1. The van der Waals surface area contributed by atoms with Gasteiger partial charge in [0.05, 0.1) is 7.11 Å². The molecule has 0 bridgehead atoms. The molecular weight excluding hydrogens is 360 g/mol. The first-order valence-corrected chi connectivity index (χ1v) is 9.12. The third-order valence-electron chi connectivity index (χ3n) is 3.90. The number of methoxy groups -OCH3 is 1. The summed E-state index contributed by atoms with van der Waals surface area (Å²) in [7, 11) is 1.32. The molecule has 2 unspecified atom stereocenters. The molecule has 1 aliphatic rings. The minimum atomic E-state index is -0.667. The van der Waals surface area contributed by atoms with Crippen LogP contribution in [0.5, 0.6) is 0 Å². The van der Waals surface area contributed by atoms with Crippen molar-refractivity contribution in [1.29, 1.82) is 0 Å². The van der Waals surface area contributed by atoms with Crippen LogP contribution in [-0.2, 0) is 9.53 Å². The predicted octanol–water partition coefficient (Wildman–Crippen LogP) is 4.16. The second kappa shape index (κ2) is 7.80. The highest BCUT2D eigenvalue weighted by molar-refractivity contribution is 7.99. The quantitative estimate of drug-likeness (QED) is 0.817. The molecule has 0 spiro atoms. The highest BCUT2D eigenvalue weighted by Crippen LogP contribution is 2.44. The van der Waals surface area contributed by atoms with Crippen LogP contribution in [0, 0.1) is 0 Å². The van der Waals surface area contributed by atoms with E-state index >= 15 is 0 Å². The average molecular weight is 377 g/mol. The number of halogens is 1. The Morgan fingerprint density at radius 1 is 1.16 bits per heavy atom. The summed E-state index contributed by atoms with van der Waals surface area (Å²) >= 11 is 7.80. The second-order valence-corrected chi connectivity index (χ2v) is 6.97. The minimum Gasteiger partial charge on any atom is -0.467 e. The molecule has 3 rings (SSSR count). The summed E-state index contributed by atoms with van der Waals surface area (Å²) in [5.74, 6) is 0.00961. The molecule has 130 valence electrons. The number of amides is 2. The Kier molecular flexibility index (Phi) is 5.50. The molecule has 0 radical (unpaired) electrons. The molecule has 0 aromatic heterocycles. The van der Waals surface area contributed by atoms with E-state index in [1.165, 1.54) is 23.8 Å². The maximum atomic E-state index is 12.9. The lowest BCUT2D eigenvalue weighted by Crippen LogP contribution is -2.45. The summed E-state index contributed by atoms with van der Waals surface area (Å²) in [6, 6.07) is 15.4. The Hall–Kier alpha value is -2.18. The number of thioether (sulfide) groups is 1. The van der Waals surface area contributed by atoms with Crippen LogP contribution < -0.4 is 5.32 Å². The lowest BCUT2D eigenvalue weighted by Gasteiger charge is -2.28. The van der Waals surface area contributed by atoms with Crippen LogP contribution in [0.2, 0.25) is 5.02 Å². The minimum absolute atomic E-state index is 0.360. The van der Waals surface area contributed by atoms with Crippen molar-refractivity contribution in [2.75, 3.05) is 18.2 Å². The second-order valence-electron chi connectivity index (χ2n) is 5.45. The summed E-state index contributed by atoms with van der Waals surface area (Å²) in [4.78, 5) is 26.5. The van der Waals surface area contributed by atoms with Crippen LogP contribution in [0.3, 0.4) is 0 Å². The highest BCUT2D eigenvalue weighted by atomic mass is 35.5. The Bertz CT molecular complexity index is 772. The number of rotatable bonds is 3. The van der Waals surface area contributed by atoms with Gasteiger partial charge < -0.3 is 10.1 Å². The van der Waals surface area contributed by atoms with Crippen molar-refractivity contribution in [3.8, 4) is 0 Å². The van der Waals surface area contributed by atoms with E-state index in [1.807, 2.05) is 36.4 Å². The Morgan fingerprint density at radius 2 is 1.84 bits per heavy atom. The third kappa shape index (κ3) is 3.75. The fraction of sp³-hybridized carbons (Fsp3) is 0.222. The smallest absolute Gasteiger partial charge is 0.329 e. The molecule has 1 saturated heterocycles. The Balaban J connectivity index is 1.91. The Labute approximate surface area is 155 Å². The van der Waals surface area contributed by atoms with Gasteiger partial charge in [-0.2, -0.15) is 0 Å². The SMILES string of the molecule is COC(=O)C1CSC(c2ccccc2Cl)N1C(=O)Nc1ccccc1. The summed E-state index contributed by atoms with van der Waals surface area (Å²) in [6.07, 6.45) is 0. The van der Waals surface area contributed by atoms with Crippen molar-refractivity contribution >= 4 is 41.1 Å². The molecule has 1 heterocycles. The van der Waals surface area contributed by atoms with E-state index in [4.69, 9.17) is 16.3 Å². The zero-order valence-corrected chi connectivity index (χ0v) is 15.1. The van der Waals surface area contributed by atoms with E-state index in [2.05, 4.69) is 5.32 Å². The molecule has 2 aromatic carbocycles. The molecule has 1 fully saturated rings. The number of hydrogen-bond donors (Lipinski definition) is 1. The van der Waals surface area contributed by atoms with Gasteiger partial charge in [-0.05, 0) is 18.2 Å². The number of para-hydroxylation sites is 1. The van der Waals surface area contributed by atoms with Crippen LogP contribution >= 0.6 is 23.4 Å². The van der Waals surface area contributed by atoms with Gasteiger partial charge in [0.15, 0.2) is 0 Å². The highest BCUT2D eigenvalue weighted by Gasteiger charge is 2.43. The summed E-state index contributed by atoms with van der Waals surface area (Å²) in [5, 5.41) is 3.03. The average Bonchev–Trinajstić information content (AvgIpc) is 3.07. The standard InChI is InChI=1S/C18H17ClN2O3S/c1-24-17(22)15-11-25-16(13-9-5-6-10-14(13)19)21(15)18(23)20-12-7-3-2-4-8-12/h2-10,15-16H,11H2,1H3,(H,20,23). The largest absolute Gasteiger partial charge is 0.467 e. The zero-order valence-electron chi connectivity index (χ0n) is 13.5. The van der Waals surface area contributed by atoms with Crippen LogP contribution in [0.25, 0.3) is 0 Å². The van der Waals surface area contributed by atoms with E-state index in [-0.39, 0.29) is 11.4 Å². The molecule has 1 N–H and O–H groups in total. The van der Waals surface area contributed by atoms with Crippen molar-refractivity contribution in [3.63, 3.8) is 0 Å². The third-order valence-corrected chi connectivity index (χ3v) is 5.55. The molecule has 25 heavy (non-hydrogen) atoms. The molecule has 2 amide bonds. The molecule has 7 heteroatoms. The van der Waals surface area contributed by atoms with E-state index in [0.717, 1.165) is 5.56 Å². The molecule has 2 atom stereocenters. The summed E-state index contributed by atoms with van der Waals surface area (Å²) in [5.41, 5.74) is 1.45. The van der Waals surface area contributed by atoms with Crippen molar-refractivity contribution in [3.05, 3.63) is 65.2 Å². The van der Waals surface area contributed by atoms with Gasteiger partial charge in [0.25, 0.3) is 0 Å². The predicted molar refractivity (Wildman–Crippen MR) is 99.8 cm³/mol. The van der Waals surface area contributed by atoms with Gasteiger partial charge >= 0.3 is 12.0 Å². The first-order valence-electron chi connectivity index (χ1n) is 7.70. The lowest BCUT2D eigenvalue weighted by molar-refractivity contribution is -0.144. The van der Waals surface area contributed by atoms with Crippen molar-refractivity contribution in [1.82, 2.24) is 4.90 Å². The number of anilines is 1. The van der Waals surface area contributed by atoms with E-state index in [1.54, 1.807) is 18.2 Å². The molecule has 2 aromatic rings. The van der Waals surface area contributed by atoms with Gasteiger partial charge in [-0.1, -0.05) is 48.0 Å². The number of urea groups is 1. The van der Waals surface area contributed by atoms with Gasteiger partial charge in [-0.15, -0.1) is 11.8 Å². The van der Waals surface area contributed by atoms with E-state index in [9.17, 15) is 9.59 Å². The lowest BCUT2D eigenvalue weighted by atomic mass is 10.2. The van der Waals surface area contributed by atoms with Crippen molar-refractivity contribution in [2.24, 2.45) is 0 Å². The number of carbonyl (C=O) groups is 2. The summed E-state index contributed by atoms with van der Waals surface area (Å²) < 4.78 is 4.87. The van der Waals surface area contributed by atoms with Gasteiger partial charge in [-0.3, -0.25) is 4.90 Å². The van der Waals surface area contributed by atoms with Gasteiger partial charge in [-0.25, -0.2) is 9.59 Å². The zero-order chi connectivity index (χ0) is 17.8. The molecule has 0 saturated carbocycles. The number of nitrogens with one attached hydrogen (secondary N) is 1. The van der Waals surface area contributed by atoms with Crippen LogP contribution in [0.15, 0.2) is 54.6 Å². The number of nitrogens with zero attached hydrogens (tertiary/aromatic N) is 1. The van der Waals surface area contributed by atoms with Crippen molar-refractivity contribution < 1.29 is 14.3 Å².